The first-order valence-electron chi connectivity index (χ1n) is 4.79. The monoisotopic (exact) mass is 204 g/mol. The number of hydrogen-bond acceptors (Lipinski definition) is 2. The van der Waals surface area contributed by atoms with Crippen molar-refractivity contribution < 1.29 is 4.79 Å². The van der Waals surface area contributed by atoms with E-state index in [-0.39, 0.29) is 5.91 Å². The summed E-state index contributed by atoms with van der Waals surface area (Å²) < 4.78 is 0. The molecule has 0 radical (unpaired) electrons. The van der Waals surface area contributed by atoms with Crippen molar-refractivity contribution in [3.8, 4) is 0 Å². The van der Waals surface area contributed by atoms with Crippen LogP contribution in [-0.2, 0) is 0 Å². The van der Waals surface area contributed by atoms with E-state index in [4.69, 9.17) is 5.73 Å². The Bertz CT molecular complexity index is 385. The van der Waals surface area contributed by atoms with Crippen LogP contribution in [0.2, 0.25) is 0 Å². The second kappa shape index (κ2) is 4.64. The Hall–Kier alpha value is -1.77. The number of nitrogens with two attached hydrogens (primary N) is 1. The number of amides is 1. The molecule has 3 heteroatoms. The van der Waals surface area contributed by atoms with Crippen LogP contribution in [0, 0.1) is 6.92 Å². The van der Waals surface area contributed by atoms with Crippen LogP contribution < -0.4 is 5.73 Å². The molecule has 1 rings (SSSR count). The van der Waals surface area contributed by atoms with Crippen LogP contribution in [-0.4, -0.2) is 24.4 Å². The number of carbonyl (C=O) groups is 1. The smallest absolute Gasteiger partial charge is 0.255 e. The summed E-state index contributed by atoms with van der Waals surface area (Å²) in [5.41, 5.74) is 7.88. The zero-order valence-corrected chi connectivity index (χ0v) is 9.16. The maximum atomic E-state index is 11.9. The Morgan fingerprint density at radius 1 is 1.60 bits per heavy atom. The van der Waals surface area contributed by atoms with Gasteiger partial charge in [-0.15, -0.1) is 6.58 Å². The minimum absolute atomic E-state index is 0.0731. The number of anilines is 1. The molecule has 0 aliphatic carbocycles. The number of nitrogens with zero attached hydrogens (tertiary/aromatic N) is 1. The van der Waals surface area contributed by atoms with Crippen LogP contribution in [0.15, 0.2) is 30.9 Å². The molecule has 0 aromatic heterocycles. The van der Waals surface area contributed by atoms with Crippen LogP contribution in [0.25, 0.3) is 0 Å². The predicted molar refractivity (Wildman–Crippen MR) is 62.7 cm³/mol. The molecule has 0 atom stereocenters. The van der Waals surface area contributed by atoms with Gasteiger partial charge in [-0.1, -0.05) is 18.2 Å². The van der Waals surface area contributed by atoms with Crippen LogP contribution in [0.4, 0.5) is 5.69 Å². The Labute approximate surface area is 90.2 Å². The molecule has 0 spiro atoms. The molecule has 0 fully saturated rings. The van der Waals surface area contributed by atoms with Crippen LogP contribution >= 0.6 is 0 Å². The molecule has 0 bridgehead atoms. The molecular formula is C12H16N2O. The van der Waals surface area contributed by atoms with Crippen molar-refractivity contribution >= 4 is 11.6 Å². The lowest BCUT2D eigenvalue weighted by Crippen LogP contribution is -2.27. The first kappa shape index (κ1) is 11.3. The summed E-state index contributed by atoms with van der Waals surface area (Å²) in [5, 5.41) is 0. The summed E-state index contributed by atoms with van der Waals surface area (Å²) >= 11 is 0. The maximum absolute atomic E-state index is 11.9. The van der Waals surface area contributed by atoms with E-state index in [9.17, 15) is 4.79 Å². The molecule has 1 aromatic carbocycles. The van der Waals surface area contributed by atoms with E-state index in [1.807, 2.05) is 19.1 Å². The fourth-order valence-electron chi connectivity index (χ4n) is 1.35. The normalized spacial score (nSPS) is 9.73. The number of aryl methyl sites for hydroxylation is 1. The molecule has 1 aromatic rings. The summed E-state index contributed by atoms with van der Waals surface area (Å²) in [5.74, 6) is -0.0731. The van der Waals surface area contributed by atoms with Gasteiger partial charge in [-0.05, 0) is 18.6 Å². The van der Waals surface area contributed by atoms with E-state index in [1.54, 1.807) is 24.1 Å². The van der Waals surface area contributed by atoms with E-state index < -0.39 is 0 Å². The standard InChI is InChI=1S/C12H16N2O/c1-4-8-14(3)12(15)10-7-5-6-9(2)11(10)13/h4-7H,1,8,13H2,2-3H3. The average molecular weight is 204 g/mol. The molecule has 1 amide bonds. The lowest BCUT2D eigenvalue weighted by atomic mass is 10.1. The predicted octanol–water partition coefficient (Wildman–Crippen LogP) is 1.84. The van der Waals surface area contributed by atoms with Gasteiger partial charge in [0.15, 0.2) is 0 Å². The Morgan fingerprint density at radius 2 is 2.27 bits per heavy atom. The van der Waals surface area contributed by atoms with Gasteiger partial charge >= 0.3 is 0 Å². The number of rotatable bonds is 3. The summed E-state index contributed by atoms with van der Waals surface area (Å²) in [6, 6.07) is 5.46. The van der Waals surface area contributed by atoms with Crippen molar-refractivity contribution in [2.45, 2.75) is 6.92 Å². The average Bonchev–Trinajstić information content (AvgIpc) is 2.21. The van der Waals surface area contributed by atoms with Crippen molar-refractivity contribution in [1.29, 1.82) is 0 Å². The van der Waals surface area contributed by atoms with Gasteiger partial charge in [0.25, 0.3) is 5.91 Å². The lowest BCUT2D eigenvalue weighted by Gasteiger charge is -2.16. The van der Waals surface area contributed by atoms with Crippen molar-refractivity contribution in [1.82, 2.24) is 4.90 Å². The van der Waals surface area contributed by atoms with Gasteiger partial charge in [-0.25, -0.2) is 0 Å². The summed E-state index contributed by atoms with van der Waals surface area (Å²) in [6.45, 7) is 6.00. The molecule has 80 valence electrons. The topological polar surface area (TPSA) is 46.3 Å². The van der Waals surface area contributed by atoms with Crippen molar-refractivity contribution in [2.24, 2.45) is 0 Å². The molecule has 2 N–H and O–H groups in total. The molecule has 0 heterocycles. The van der Waals surface area contributed by atoms with E-state index in [1.165, 1.54) is 0 Å². The minimum atomic E-state index is -0.0731. The summed E-state index contributed by atoms with van der Waals surface area (Å²) in [4.78, 5) is 13.5. The molecular weight excluding hydrogens is 188 g/mol. The van der Waals surface area contributed by atoms with Crippen molar-refractivity contribution in [3.05, 3.63) is 42.0 Å². The maximum Gasteiger partial charge on any atom is 0.255 e. The zero-order chi connectivity index (χ0) is 11.4. The molecule has 0 unspecified atom stereocenters. The lowest BCUT2D eigenvalue weighted by molar-refractivity contribution is 0.0811. The second-order valence-electron chi connectivity index (χ2n) is 3.51. The van der Waals surface area contributed by atoms with Gasteiger partial charge in [0.1, 0.15) is 0 Å². The highest BCUT2D eigenvalue weighted by molar-refractivity contribution is 5.99. The number of hydrogen-bond donors (Lipinski definition) is 1. The van der Waals surface area contributed by atoms with Crippen LogP contribution in [0.5, 0.6) is 0 Å². The Kier molecular flexibility index (Phi) is 3.50. The van der Waals surface area contributed by atoms with Gasteiger partial charge in [0.2, 0.25) is 0 Å². The number of nitrogen functional groups attached to an aromatic ring is 1. The third-order valence-corrected chi connectivity index (χ3v) is 2.30. The van der Waals surface area contributed by atoms with Crippen LogP contribution in [0.1, 0.15) is 15.9 Å². The number of carbonyl (C=O) groups excluding carboxylic acids is 1. The molecule has 0 saturated heterocycles. The molecule has 0 saturated carbocycles. The van der Waals surface area contributed by atoms with Crippen LogP contribution in [0.3, 0.4) is 0 Å². The van der Waals surface area contributed by atoms with E-state index in [0.717, 1.165) is 5.56 Å². The largest absolute Gasteiger partial charge is 0.398 e. The zero-order valence-electron chi connectivity index (χ0n) is 9.16. The summed E-state index contributed by atoms with van der Waals surface area (Å²) in [7, 11) is 1.73. The van der Waals surface area contributed by atoms with Gasteiger partial charge in [0, 0.05) is 19.3 Å². The van der Waals surface area contributed by atoms with E-state index in [2.05, 4.69) is 6.58 Å². The third-order valence-electron chi connectivity index (χ3n) is 2.30. The Morgan fingerprint density at radius 3 is 2.87 bits per heavy atom. The fourth-order valence-corrected chi connectivity index (χ4v) is 1.35. The van der Waals surface area contributed by atoms with Gasteiger partial charge in [0.05, 0.1) is 5.56 Å². The number of benzene rings is 1. The third kappa shape index (κ3) is 2.37. The number of likely N-dealkylation sites (N-methyl/N-ethyl adjacent to an activating group) is 1. The first-order chi connectivity index (χ1) is 7.07. The number of para-hydroxylation sites is 1. The van der Waals surface area contributed by atoms with Crippen molar-refractivity contribution in [2.75, 3.05) is 19.3 Å². The molecule has 3 nitrogen and oxygen atoms in total. The van der Waals surface area contributed by atoms with Gasteiger partial charge in [-0.3, -0.25) is 4.79 Å². The second-order valence-corrected chi connectivity index (χ2v) is 3.51. The van der Waals surface area contributed by atoms with Crippen molar-refractivity contribution in [3.63, 3.8) is 0 Å². The highest BCUT2D eigenvalue weighted by Crippen LogP contribution is 2.17. The van der Waals surface area contributed by atoms with E-state index in [0.29, 0.717) is 17.8 Å². The molecule has 15 heavy (non-hydrogen) atoms. The fraction of sp³-hybridized carbons (Fsp3) is 0.250. The molecule has 0 aliphatic rings. The molecule has 0 aliphatic heterocycles. The first-order valence-corrected chi connectivity index (χ1v) is 4.79. The Balaban J connectivity index is 3.01. The highest BCUT2D eigenvalue weighted by atomic mass is 16.2. The van der Waals surface area contributed by atoms with Gasteiger partial charge < -0.3 is 10.6 Å². The summed E-state index contributed by atoms with van der Waals surface area (Å²) in [6.07, 6.45) is 1.68. The van der Waals surface area contributed by atoms with Gasteiger partial charge in [-0.2, -0.15) is 0 Å². The SMILES string of the molecule is C=CCN(C)C(=O)c1cccc(C)c1N. The minimum Gasteiger partial charge on any atom is -0.398 e. The van der Waals surface area contributed by atoms with E-state index >= 15 is 0 Å². The highest BCUT2D eigenvalue weighted by Gasteiger charge is 2.13. The quantitative estimate of drug-likeness (QED) is 0.603.